The van der Waals surface area contributed by atoms with Crippen LogP contribution in [-0.2, 0) is 35.7 Å². The van der Waals surface area contributed by atoms with Gasteiger partial charge in [-0.05, 0) is 51.1 Å². The molecule has 1 fully saturated rings. The van der Waals surface area contributed by atoms with E-state index in [-0.39, 0.29) is 24.7 Å². The van der Waals surface area contributed by atoms with Gasteiger partial charge in [-0.15, -0.1) is 0 Å². The van der Waals surface area contributed by atoms with Crippen molar-refractivity contribution >= 4 is 5.91 Å². The highest BCUT2D eigenvalue weighted by molar-refractivity contribution is 5.94. The van der Waals surface area contributed by atoms with Gasteiger partial charge in [0.05, 0.1) is 18.8 Å². The molecule has 1 amide bonds. The van der Waals surface area contributed by atoms with E-state index < -0.39 is 6.29 Å². The summed E-state index contributed by atoms with van der Waals surface area (Å²) in [7, 11) is 0. The molecule has 6 heteroatoms. The molecule has 3 atom stereocenters. The van der Waals surface area contributed by atoms with Gasteiger partial charge in [-0.3, -0.25) is 9.69 Å². The molecule has 1 aliphatic heterocycles. The van der Waals surface area contributed by atoms with Gasteiger partial charge >= 0.3 is 0 Å². The molecule has 0 bridgehead atoms. The molecule has 3 unspecified atom stereocenters. The summed E-state index contributed by atoms with van der Waals surface area (Å²) in [5.41, 5.74) is 9.18. The number of hydrogen-bond acceptors (Lipinski definition) is 5. The van der Waals surface area contributed by atoms with E-state index in [0.717, 1.165) is 53.0 Å². The molecule has 6 aromatic rings. The average molecular weight is 689 g/mol. The van der Waals surface area contributed by atoms with Gasteiger partial charge in [0.1, 0.15) is 0 Å². The van der Waals surface area contributed by atoms with Gasteiger partial charge in [0.2, 0.25) is 0 Å². The van der Waals surface area contributed by atoms with E-state index >= 15 is 0 Å². The first-order valence-corrected chi connectivity index (χ1v) is 17.9. The van der Waals surface area contributed by atoms with E-state index in [1.807, 2.05) is 54.6 Å². The Morgan fingerprint density at radius 1 is 0.635 bits per heavy atom. The van der Waals surface area contributed by atoms with Crippen LogP contribution < -0.4 is 5.32 Å². The first-order chi connectivity index (χ1) is 25.6. The van der Waals surface area contributed by atoms with E-state index in [1.54, 1.807) is 0 Å². The van der Waals surface area contributed by atoms with Crippen LogP contribution in [0.5, 0.6) is 0 Å². The van der Waals surface area contributed by atoms with Crippen LogP contribution in [0.3, 0.4) is 0 Å². The second-order valence-electron chi connectivity index (χ2n) is 13.3. The van der Waals surface area contributed by atoms with E-state index in [2.05, 4.69) is 119 Å². The summed E-state index contributed by atoms with van der Waals surface area (Å²) in [5, 5.41) is 12.7. The molecular formula is C46H44N2O4. The average Bonchev–Trinajstić information content (AvgIpc) is 3.21. The van der Waals surface area contributed by atoms with Crippen molar-refractivity contribution in [2.24, 2.45) is 0 Å². The van der Waals surface area contributed by atoms with Gasteiger partial charge < -0.3 is 19.9 Å². The number of aliphatic hydroxyl groups excluding tert-OH is 1. The normalized spacial score (nSPS) is 17.2. The third kappa shape index (κ3) is 9.10. The molecule has 0 radical (unpaired) electrons. The van der Waals surface area contributed by atoms with Crippen molar-refractivity contribution in [1.29, 1.82) is 0 Å². The fourth-order valence-corrected chi connectivity index (χ4v) is 6.83. The van der Waals surface area contributed by atoms with E-state index in [0.29, 0.717) is 18.5 Å². The predicted molar refractivity (Wildman–Crippen MR) is 205 cm³/mol. The molecule has 262 valence electrons. The molecule has 7 rings (SSSR count). The van der Waals surface area contributed by atoms with Gasteiger partial charge in [-0.1, -0.05) is 152 Å². The van der Waals surface area contributed by atoms with E-state index in [1.165, 1.54) is 11.1 Å². The SMILES string of the molecule is O=C(NCc1ccccc1-c1ccc(C2OC(CN(Cc3ccccc3)Cc3ccccc3)CC(c3ccc(CO)cc3)O2)cc1)c1ccccc1. The monoisotopic (exact) mass is 688 g/mol. The van der Waals surface area contributed by atoms with Crippen LogP contribution in [0.2, 0.25) is 0 Å². The molecule has 0 aromatic heterocycles. The molecule has 1 heterocycles. The van der Waals surface area contributed by atoms with Gasteiger partial charge in [0, 0.05) is 43.7 Å². The Kier molecular flexibility index (Phi) is 11.6. The minimum atomic E-state index is -0.564. The molecule has 6 nitrogen and oxygen atoms in total. The zero-order chi connectivity index (χ0) is 35.5. The van der Waals surface area contributed by atoms with Crippen LogP contribution in [0.15, 0.2) is 164 Å². The highest BCUT2D eigenvalue weighted by Gasteiger charge is 2.33. The summed E-state index contributed by atoms with van der Waals surface area (Å²) in [6.45, 7) is 2.76. The van der Waals surface area contributed by atoms with Crippen molar-refractivity contribution in [2.45, 2.75) is 51.2 Å². The third-order valence-corrected chi connectivity index (χ3v) is 9.56. The first-order valence-electron chi connectivity index (χ1n) is 17.9. The number of rotatable bonds is 13. The van der Waals surface area contributed by atoms with Crippen molar-refractivity contribution in [2.75, 3.05) is 6.54 Å². The number of amides is 1. The highest BCUT2D eigenvalue weighted by atomic mass is 16.7. The van der Waals surface area contributed by atoms with Crippen LogP contribution in [0.4, 0.5) is 0 Å². The zero-order valence-electron chi connectivity index (χ0n) is 29.2. The largest absolute Gasteiger partial charge is 0.392 e. The Labute approximate surface area is 306 Å². The Balaban J connectivity index is 1.11. The maximum absolute atomic E-state index is 12.8. The second kappa shape index (κ2) is 17.2. The quantitative estimate of drug-likeness (QED) is 0.127. The predicted octanol–water partition coefficient (Wildman–Crippen LogP) is 9.02. The fraction of sp³-hybridized carbons (Fsp3) is 0.196. The van der Waals surface area contributed by atoms with Crippen LogP contribution in [0.25, 0.3) is 11.1 Å². The second-order valence-corrected chi connectivity index (χ2v) is 13.3. The van der Waals surface area contributed by atoms with Crippen LogP contribution in [0.1, 0.15) is 62.6 Å². The molecular weight excluding hydrogens is 645 g/mol. The highest BCUT2D eigenvalue weighted by Crippen LogP contribution is 2.39. The lowest BCUT2D eigenvalue weighted by Gasteiger charge is -2.38. The van der Waals surface area contributed by atoms with Gasteiger partial charge in [0.15, 0.2) is 6.29 Å². The number of hydrogen-bond donors (Lipinski definition) is 2. The summed E-state index contributed by atoms with van der Waals surface area (Å²) in [5.74, 6) is -0.0986. The topological polar surface area (TPSA) is 71.0 Å². The number of aliphatic hydroxyl groups is 1. The zero-order valence-corrected chi connectivity index (χ0v) is 29.2. The standard InChI is InChI=1S/C46H44N2O4/c49-33-36-20-22-38(23-21-36)44-28-42(32-48(30-34-12-4-1-5-13-34)31-35-14-6-2-7-15-35)51-46(52-44)40-26-24-37(25-27-40)43-19-11-10-18-41(43)29-47-45(50)39-16-8-3-9-17-39/h1-27,42,44,46,49H,28-33H2,(H,47,50). The van der Waals surface area contributed by atoms with Crippen LogP contribution in [0, 0.1) is 0 Å². The first kappa shape index (κ1) is 35.1. The summed E-state index contributed by atoms with van der Waals surface area (Å²) < 4.78 is 13.5. The minimum absolute atomic E-state index is 0.00295. The van der Waals surface area contributed by atoms with Crippen molar-refractivity contribution < 1.29 is 19.4 Å². The Bertz CT molecular complexity index is 1960. The molecule has 6 aromatic carbocycles. The van der Waals surface area contributed by atoms with E-state index in [4.69, 9.17) is 9.47 Å². The summed E-state index contributed by atoms with van der Waals surface area (Å²) in [6, 6.07) is 55.0. The number of nitrogens with zero attached hydrogens (tertiary/aromatic N) is 1. The van der Waals surface area contributed by atoms with Gasteiger partial charge in [0.25, 0.3) is 5.91 Å². The molecule has 0 saturated carbocycles. The molecule has 52 heavy (non-hydrogen) atoms. The smallest absolute Gasteiger partial charge is 0.251 e. The number of carbonyl (C=O) groups excluding carboxylic acids is 1. The summed E-state index contributed by atoms with van der Waals surface area (Å²) in [4.78, 5) is 15.2. The lowest BCUT2D eigenvalue weighted by molar-refractivity contribution is -0.253. The lowest BCUT2D eigenvalue weighted by atomic mass is 9.97. The maximum atomic E-state index is 12.8. The maximum Gasteiger partial charge on any atom is 0.251 e. The summed E-state index contributed by atoms with van der Waals surface area (Å²) >= 11 is 0. The Morgan fingerprint density at radius 3 is 1.85 bits per heavy atom. The van der Waals surface area contributed by atoms with Gasteiger partial charge in [-0.25, -0.2) is 0 Å². The van der Waals surface area contributed by atoms with E-state index in [9.17, 15) is 9.90 Å². The molecule has 0 aliphatic carbocycles. The van der Waals surface area contributed by atoms with Gasteiger partial charge in [-0.2, -0.15) is 0 Å². The van der Waals surface area contributed by atoms with Crippen molar-refractivity contribution in [3.63, 3.8) is 0 Å². The lowest BCUT2D eigenvalue weighted by Crippen LogP contribution is -2.39. The minimum Gasteiger partial charge on any atom is -0.392 e. The number of nitrogens with one attached hydrogen (secondary N) is 1. The molecule has 0 spiro atoms. The summed E-state index contributed by atoms with van der Waals surface area (Å²) in [6.07, 6.45) is -0.136. The number of carbonyl (C=O) groups is 1. The Hall–Kier alpha value is -5.37. The molecule has 1 saturated heterocycles. The fourth-order valence-electron chi connectivity index (χ4n) is 6.83. The third-order valence-electron chi connectivity index (χ3n) is 9.56. The van der Waals surface area contributed by atoms with Crippen LogP contribution in [-0.4, -0.2) is 28.6 Å². The molecule has 2 N–H and O–H groups in total. The van der Waals surface area contributed by atoms with Crippen molar-refractivity contribution in [3.05, 3.63) is 203 Å². The number of benzene rings is 6. The van der Waals surface area contributed by atoms with Crippen molar-refractivity contribution in [3.8, 4) is 11.1 Å². The Morgan fingerprint density at radius 2 is 1.21 bits per heavy atom. The van der Waals surface area contributed by atoms with Crippen molar-refractivity contribution in [1.82, 2.24) is 10.2 Å². The number of ether oxygens (including phenoxy) is 2. The molecule has 1 aliphatic rings. The van der Waals surface area contributed by atoms with Crippen LogP contribution >= 0.6 is 0 Å².